The summed E-state index contributed by atoms with van der Waals surface area (Å²) in [5, 5.41) is 0. The van der Waals surface area contributed by atoms with E-state index in [-0.39, 0.29) is 35.1 Å². The molecular formula is C12H16O3. The average Bonchev–Trinajstić information content (AvgIpc) is 1.98. The molecule has 0 unspecified atom stereocenters. The van der Waals surface area contributed by atoms with Crippen molar-refractivity contribution < 1.29 is 14.3 Å². The van der Waals surface area contributed by atoms with Crippen molar-refractivity contribution in [3.8, 4) is 0 Å². The lowest BCUT2D eigenvalue weighted by Crippen LogP contribution is -2.62. The number of carbonyl (C=O) groups is 2. The quantitative estimate of drug-likeness (QED) is 0.487. The van der Waals surface area contributed by atoms with Crippen molar-refractivity contribution in [3.05, 3.63) is 11.6 Å². The maximum Gasteiger partial charge on any atom is 0.303 e. The van der Waals surface area contributed by atoms with Crippen LogP contribution in [-0.4, -0.2) is 17.9 Å². The standard InChI is InChI=1S/C12H16O3/c1-6-5-8(15-7(2)13)10-11(14)9(6)12(10,3)4/h5,8-10H,1-4H3/t8-,9+,10-/m0/s1. The van der Waals surface area contributed by atoms with E-state index in [4.69, 9.17) is 4.74 Å². The first-order chi connectivity index (χ1) is 6.85. The van der Waals surface area contributed by atoms with Gasteiger partial charge in [-0.1, -0.05) is 19.4 Å². The first-order valence-corrected chi connectivity index (χ1v) is 5.25. The van der Waals surface area contributed by atoms with E-state index in [1.807, 2.05) is 13.0 Å². The fourth-order valence-corrected chi connectivity index (χ4v) is 3.14. The first-order valence-electron chi connectivity index (χ1n) is 5.25. The lowest BCUT2D eigenvalue weighted by Gasteiger charge is -2.56. The number of esters is 1. The number of Topliss-reactive ketones (excluding diaryl/α,β-unsaturated/α-hetero) is 1. The molecule has 0 aromatic carbocycles. The van der Waals surface area contributed by atoms with Crippen LogP contribution in [-0.2, 0) is 14.3 Å². The van der Waals surface area contributed by atoms with Crippen molar-refractivity contribution in [2.75, 3.05) is 0 Å². The third-order valence-electron chi connectivity index (χ3n) is 3.65. The lowest BCUT2D eigenvalue weighted by atomic mass is 9.47. The number of ketones is 1. The molecule has 0 aromatic rings. The van der Waals surface area contributed by atoms with E-state index < -0.39 is 0 Å². The van der Waals surface area contributed by atoms with E-state index in [1.165, 1.54) is 6.92 Å². The minimum absolute atomic E-state index is 0.0364. The maximum absolute atomic E-state index is 11.8. The van der Waals surface area contributed by atoms with Crippen LogP contribution in [0, 0.1) is 17.3 Å². The van der Waals surface area contributed by atoms with Gasteiger partial charge in [-0.3, -0.25) is 9.59 Å². The van der Waals surface area contributed by atoms with Crippen LogP contribution >= 0.6 is 0 Å². The van der Waals surface area contributed by atoms with Gasteiger partial charge in [0.15, 0.2) is 0 Å². The molecule has 3 rings (SSSR count). The van der Waals surface area contributed by atoms with Crippen molar-refractivity contribution in [2.24, 2.45) is 17.3 Å². The van der Waals surface area contributed by atoms with Gasteiger partial charge in [0, 0.05) is 12.8 Å². The van der Waals surface area contributed by atoms with Gasteiger partial charge < -0.3 is 4.74 Å². The molecule has 1 saturated carbocycles. The van der Waals surface area contributed by atoms with E-state index >= 15 is 0 Å². The molecule has 82 valence electrons. The minimum Gasteiger partial charge on any atom is -0.458 e. The van der Waals surface area contributed by atoms with Gasteiger partial charge in [0.1, 0.15) is 11.9 Å². The van der Waals surface area contributed by atoms with Crippen molar-refractivity contribution in [3.63, 3.8) is 0 Å². The normalized spacial score (nSPS) is 36.7. The highest BCUT2D eigenvalue weighted by Gasteiger charge is 2.62. The number of carbonyl (C=O) groups excluding carboxylic acids is 2. The second-order valence-electron chi connectivity index (χ2n) is 5.12. The second kappa shape index (κ2) is 2.94. The van der Waals surface area contributed by atoms with Crippen LogP contribution in [0.1, 0.15) is 27.7 Å². The van der Waals surface area contributed by atoms with Gasteiger partial charge in [0.2, 0.25) is 0 Å². The van der Waals surface area contributed by atoms with Crippen molar-refractivity contribution in [1.29, 1.82) is 0 Å². The molecule has 3 atom stereocenters. The molecule has 0 spiro atoms. The van der Waals surface area contributed by atoms with Gasteiger partial charge >= 0.3 is 5.97 Å². The molecule has 0 heterocycles. The fraction of sp³-hybridized carbons (Fsp3) is 0.667. The number of allylic oxidation sites excluding steroid dienone is 1. The Balaban J connectivity index is 2.32. The van der Waals surface area contributed by atoms with Crippen LogP contribution in [0.2, 0.25) is 0 Å². The first kappa shape index (κ1) is 10.4. The topological polar surface area (TPSA) is 43.4 Å². The van der Waals surface area contributed by atoms with E-state index in [9.17, 15) is 9.59 Å². The average molecular weight is 208 g/mol. The molecule has 1 fully saturated rings. The minimum atomic E-state index is -0.352. The van der Waals surface area contributed by atoms with Crippen LogP contribution in [0.5, 0.6) is 0 Å². The fourth-order valence-electron chi connectivity index (χ4n) is 3.14. The summed E-state index contributed by atoms with van der Waals surface area (Å²) in [6.07, 6.45) is 1.57. The number of fused-ring (bicyclic) bond motifs is 1. The zero-order chi connectivity index (χ0) is 11.4. The maximum atomic E-state index is 11.8. The predicted octanol–water partition coefficient (Wildman–Crippen LogP) is 1.72. The van der Waals surface area contributed by atoms with Gasteiger partial charge in [-0.25, -0.2) is 0 Å². The Bertz CT molecular complexity index is 365. The monoisotopic (exact) mass is 208 g/mol. The van der Waals surface area contributed by atoms with Crippen molar-refractivity contribution >= 4 is 11.8 Å². The SMILES string of the molecule is CC(=O)O[C@H]1C=C(C)[C@@H]2C(=O)[C@H]1C2(C)C. The van der Waals surface area contributed by atoms with Gasteiger partial charge in [-0.05, 0) is 18.4 Å². The molecule has 0 aromatic heterocycles. The summed E-state index contributed by atoms with van der Waals surface area (Å²) >= 11 is 0. The Morgan fingerprint density at radius 2 is 2.07 bits per heavy atom. The third kappa shape index (κ3) is 1.25. The zero-order valence-electron chi connectivity index (χ0n) is 9.53. The number of ether oxygens (including phenoxy) is 1. The Morgan fingerprint density at radius 1 is 1.47 bits per heavy atom. The molecule has 3 heteroatoms. The molecule has 0 amide bonds. The Labute approximate surface area is 89.5 Å². The molecule has 0 radical (unpaired) electrons. The van der Waals surface area contributed by atoms with Crippen molar-refractivity contribution in [1.82, 2.24) is 0 Å². The smallest absolute Gasteiger partial charge is 0.303 e. The molecule has 0 saturated heterocycles. The van der Waals surface area contributed by atoms with E-state index in [1.54, 1.807) is 0 Å². The molecule has 3 aliphatic rings. The highest BCUT2D eigenvalue weighted by Crippen LogP contribution is 2.57. The molecule has 2 bridgehead atoms. The summed E-state index contributed by atoms with van der Waals surface area (Å²) in [6.45, 7) is 7.45. The zero-order valence-corrected chi connectivity index (χ0v) is 9.53. The lowest BCUT2D eigenvalue weighted by molar-refractivity contribution is -0.169. The highest BCUT2D eigenvalue weighted by atomic mass is 16.5. The van der Waals surface area contributed by atoms with Gasteiger partial charge in [-0.15, -0.1) is 0 Å². The van der Waals surface area contributed by atoms with Crippen LogP contribution in [0.4, 0.5) is 0 Å². The second-order valence-corrected chi connectivity index (χ2v) is 5.12. The molecule has 3 aliphatic carbocycles. The number of hydrogen-bond acceptors (Lipinski definition) is 3. The Hall–Kier alpha value is -1.12. The van der Waals surface area contributed by atoms with Gasteiger partial charge in [-0.2, -0.15) is 0 Å². The van der Waals surface area contributed by atoms with Crippen LogP contribution < -0.4 is 0 Å². The molecule has 0 aliphatic heterocycles. The molecular weight excluding hydrogens is 192 g/mol. The Morgan fingerprint density at radius 3 is 2.47 bits per heavy atom. The summed E-state index contributed by atoms with van der Waals surface area (Å²) in [5.74, 6) is -0.200. The largest absolute Gasteiger partial charge is 0.458 e. The predicted molar refractivity (Wildman–Crippen MR) is 55.1 cm³/mol. The number of rotatable bonds is 1. The van der Waals surface area contributed by atoms with Gasteiger partial charge in [0.25, 0.3) is 0 Å². The number of hydrogen-bond donors (Lipinski definition) is 0. The Kier molecular flexibility index (Phi) is 2.04. The van der Waals surface area contributed by atoms with Crippen molar-refractivity contribution in [2.45, 2.75) is 33.8 Å². The summed E-state index contributed by atoms with van der Waals surface area (Å²) in [4.78, 5) is 22.8. The highest BCUT2D eigenvalue weighted by molar-refractivity contribution is 5.96. The van der Waals surface area contributed by atoms with Crippen LogP contribution in [0.3, 0.4) is 0 Å². The molecule has 0 N–H and O–H groups in total. The van der Waals surface area contributed by atoms with Crippen LogP contribution in [0.25, 0.3) is 0 Å². The van der Waals surface area contributed by atoms with E-state index in [0.29, 0.717) is 0 Å². The van der Waals surface area contributed by atoms with Gasteiger partial charge in [0.05, 0.1) is 5.92 Å². The summed E-state index contributed by atoms with van der Waals surface area (Å²) in [6, 6.07) is 0. The summed E-state index contributed by atoms with van der Waals surface area (Å²) in [5.41, 5.74) is 0.981. The molecule has 15 heavy (non-hydrogen) atoms. The third-order valence-corrected chi connectivity index (χ3v) is 3.65. The van der Waals surface area contributed by atoms with E-state index in [2.05, 4.69) is 13.8 Å². The summed E-state index contributed by atoms with van der Waals surface area (Å²) in [7, 11) is 0. The summed E-state index contributed by atoms with van der Waals surface area (Å²) < 4.78 is 5.18. The van der Waals surface area contributed by atoms with Crippen LogP contribution in [0.15, 0.2) is 11.6 Å². The van der Waals surface area contributed by atoms with E-state index in [0.717, 1.165) is 5.57 Å². The molecule has 3 nitrogen and oxygen atoms in total.